The number of hydrogen-bond donors (Lipinski definition) is 1. The molecule has 1 aliphatic carbocycles. The number of carbonyl (C=O) groups is 2. The van der Waals surface area contributed by atoms with Crippen LogP contribution in [0.4, 0.5) is 5.69 Å². The third kappa shape index (κ3) is 4.55. The van der Waals surface area contributed by atoms with Crippen LogP contribution >= 0.6 is 11.8 Å². The zero-order chi connectivity index (χ0) is 22.8. The van der Waals surface area contributed by atoms with Crippen LogP contribution in [0.5, 0.6) is 0 Å². The van der Waals surface area contributed by atoms with Crippen LogP contribution in [0.2, 0.25) is 0 Å². The minimum absolute atomic E-state index is 0.0769. The van der Waals surface area contributed by atoms with Crippen molar-refractivity contribution >= 4 is 34.5 Å². The number of nitrogens with one attached hydrogen (secondary N) is 1. The van der Waals surface area contributed by atoms with E-state index >= 15 is 0 Å². The van der Waals surface area contributed by atoms with Gasteiger partial charge < -0.3 is 15.0 Å². The third-order valence-electron chi connectivity index (χ3n) is 5.52. The van der Waals surface area contributed by atoms with Gasteiger partial charge in [-0.05, 0) is 43.6 Å². The lowest BCUT2D eigenvalue weighted by Crippen LogP contribution is -2.38. The first kappa shape index (κ1) is 22.1. The van der Waals surface area contributed by atoms with Crippen LogP contribution < -0.4 is 5.32 Å². The Bertz CT molecular complexity index is 1060. The molecule has 2 aliphatic heterocycles. The van der Waals surface area contributed by atoms with Gasteiger partial charge in [-0.2, -0.15) is 0 Å². The molecule has 32 heavy (non-hydrogen) atoms. The number of nitro groups is 1. The number of benzene rings is 1. The van der Waals surface area contributed by atoms with E-state index in [9.17, 15) is 19.7 Å². The van der Waals surface area contributed by atoms with Crippen LogP contribution in [-0.4, -0.2) is 40.0 Å². The Hall–Kier alpha value is -3.14. The van der Waals surface area contributed by atoms with Crippen molar-refractivity contribution in [3.8, 4) is 0 Å². The zero-order valence-corrected chi connectivity index (χ0v) is 18.7. The normalized spacial score (nSPS) is 19.8. The quantitative estimate of drug-likeness (QED) is 0.361. The summed E-state index contributed by atoms with van der Waals surface area (Å²) in [6.45, 7) is 4.30. The van der Waals surface area contributed by atoms with Crippen LogP contribution in [0.1, 0.15) is 44.7 Å². The Kier molecular flexibility index (Phi) is 6.31. The molecule has 1 amide bonds. The number of thioether (sulfide) groups is 1. The predicted molar refractivity (Wildman–Crippen MR) is 120 cm³/mol. The van der Waals surface area contributed by atoms with E-state index in [-0.39, 0.29) is 24.6 Å². The molecular weight excluding hydrogens is 432 g/mol. The molecule has 0 aromatic heterocycles. The first-order valence-corrected chi connectivity index (χ1v) is 11.4. The number of fused-ring (bicyclic) bond motifs is 1. The first-order chi connectivity index (χ1) is 15.4. The average Bonchev–Trinajstić information content (AvgIpc) is 3.52. The number of non-ortho nitro benzene ring substituents is 1. The molecule has 4 rings (SSSR count). The summed E-state index contributed by atoms with van der Waals surface area (Å²) in [6, 6.07) is 5.50. The molecule has 0 saturated heterocycles. The number of nitrogens with zero attached hydrogens (tertiary/aromatic N) is 3. The molecule has 1 aromatic rings. The second-order valence-corrected chi connectivity index (χ2v) is 8.73. The maximum absolute atomic E-state index is 12.9. The van der Waals surface area contributed by atoms with Crippen molar-refractivity contribution in [2.24, 2.45) is 10.9 Å². The molecule has 1 saturated carbocycles. The van der Waals surface area contributed by atoms with Crippen LogP contribution in [0.15, 0.2) is 51.6 Å². The highest BCUT2D eigenvalue weighted by molar-refractivity contribution is 8.16. The number of ether oxygens (including phenoxy) is 1. The number of amidine groups is 1. The van der Waals surface area contributed by atoms with Crippen molar-refractivity contribution in [1.82, 2.24) is 10.2 Å². The summed E-state index contributed by atoms with van der Waals surface area (Å²) in [5.41, 5.74) is 1.97. The topological polar surface area (TPSA) is 114 Å². The maximum atomic E-state index is 12.9. The molecule has 0 radical (unpaired) electrons. The van der Waals surface area contributed by atoms with Gasteiger partial charge in [0, 0.05) is 24.4 Å². The summed E-state index contributed by atoms with van der Waals surface area (Å²) < 4.78 is 5.29. The van der Waals surface area contributed by atoms with Gasteiger partial charge >= 0.3 is 5.97 Å². The second kappa shape index (κ2) is 9.15. The number of hydrogen-bond acceptors (Lipinski definition) is 8. The molecule has 3 aliphatic rings. The molecule has 0 spiro atoms. The molecule has 2 heterocycles. The van der Waals surface area contributed by atoms with Crippen molar-refractivity contribution < 1.29 is 19.2 Å². The molecule has 1 aromatic carbocycles. The smallest absolute Gasteiger partial charge is 0.338 e. The molecule has 0 bridgehead atoms. The van der Waals surface area contributed by atoms with E-state index in [1.807, 2.05) is 10.3 Å². The fraction of sp³-hybridized carbons (Fsp3) is 0.409. The summed E-state index contributed by atoms with van der Waals surface area (Å²) in [7, 11) is 0. The standard InChI is InChI=1S/C22H24N4O5S/c1-3-31-21(28)19-13(2)24-22-25(20(19)15-5-4-6-16(9-15)26(29)30)17(12-32-22)10-18(27)23-11-14-7-8-14/h4-6,9,12,14,20H,3,7-8,10-11H2,1-2H3,(H,23,27)/t20-/m1/s1. The number of amides is 1. The highest BCUT2D eigenvalue weighted by Crippen LogP contribution is 2.45. The van der Waals surface area contributed by atoms with E-state index in [0.717, 1.165) is 12.8 Å². The minimum Gasteiger partial charge on any atom is -0.463 e. The average molecular weight is 457 g/mol. The molecule has 1 atom stereocenters. The van der Waals surface area contributed by atoms with E-state index in [1.54, 1.807) is 26.0 Å². The van der Waals surface area contributed by atoms with Crippen LogP contribution in [0.3, 0.4) is 0 Å². The highest BCUT2D eigenvalue weighted by atomic mass is 32.2. The largest absolute Gasteiger partial charge is 0.463 e. The van der Waals surface area contributed by atoms with Gasteiger partial charge in [-0.3, -0.25) is 14.9 Å². The monoisotopic (exact) mass is 456 g/mol. The Morgan fingerprint density at radius 3 is 2.84 bits per heavy atom. The molecule has 10 heteroatoms. The number of allylic oxidation sites excluding steroid dienone is 1. The van der Waals surface area contributed by atoms with Gasteiger partial charge in [-0.15, -0.1) is 0 Å². The fourth-order valence-electron chi connectivity index (χ4n) is 3.77. The lowest BCUT2D eigenvalue weighted by molar-refractivity contribution is -0.384. The lowest BCUT2D eigenvalue weighted by atomic mass is 9.93. The second-order valence-electron chi connectivity index (χ2n) is 7.89. The van der Waals surface area contributed by atoms with Gasteiger partial charge in [0.05, 0.1) is 35.3 Å². The Morgan fingerprint density at radius 1 is 1.38 bits per heavy atom. The van der Waals surface area contributed by atoms with Crippen LogP contribution in [0.25, 0.3) is 0 Å². The summed E-state index contributed by atoms with van der Waals surface area (Å²) in [6.07, 6.45) is 2.41. The predicted octanol–water partition coefficient (Wildman–Crippen LogP) is 3.65. The van der Waals surface area contributed by atoms with E-state index in [1.165, 1.54) is 23.9 Å². The van der Waals surface area contributed by atoms with E-state index in [0.29, 0.717) is 40.2 Å². The molecule has 1 fully saturated rings. The van der Waals surface area contributed by atoms with Crippen molar-refractivity contribution in [2.45, 2.75) is 39.2 Å². The lowest BCUT2D eigenvalue weighted by Gasteiger charge is -2.36. The number of nitro benzene ring substituents is 1. The number of esters is 1. The molecule has 1 N–H and O–H groups in total. The van der Waals surface area contributed by atoms with Crippen molar-refractivity contribution in [3.63, 3.8) is 0 Å². The van der Waals surface area contributed by atoms with Gasteiger partial charge in [0.2, 0.25) is 5.91 Å². The zero-order valence-electron chi connectivity index (χ0n) is 17.9. The van der Waals surface area contributed by atoms with Gasteiger partial charge in [0.25, 0.3) is 5.69 Å². The van der Waals surface area contributed by atoms with Gasteiger partial charge in [-0.1, -0.05) is 23.9 Å². The van der Waals surface area contributed by atoms with Gasteiger partial charge in [0.1, 0.15) is 0 Å². The Labute approximate surface area is 189 Å². The highest BCUT2D eigenvalue weighted by Gasteiger charge is 2.41. The summed E-state index contributed by atoms with van der Waals surface area (Å²) in [5.74, 6) is -0.0675. The molecule has 0 unspecified atom stereocenters. The Morgan fingerprint density at radius 2 is 2.16 bits per heavy atom. The fourth-order valence-corrected chi connectivity index (χ4v) is 4.73. The molecule has 168 valence electrons. The number of carbonyl (C=O) groups excluding carboxylic acids is 2. The van der Waals surface area contributed by atoms with Crippen molar-refractivity contribution in [1.29, 1.82) is 0 Å². The third-order valence-corrected chi connectivity index (χ3v) is 6.41. The van der Waals surface area contributed by atoms with Crippen molar-refractivity contribution in [2.75, 3.05) is 13.2 Å². The SMILES string of the molecule is CCOC(=O)C1=C(C)N=C2SC=C(CC(=O)NCC3CC3)N2[C@@H]1c1cccc([N+](=O)[O-])c1. The van der Waals surface area contributed by atoms with Crippen LogP contribution in [0, 0.1) is 16.0 Å². The van der Waals surface area contributed by atoms with E-state index in [2.05, 4.69) is 10.3 Å². The number of rotatable bonds is 8. The van der Waals surface area contributed by atoms with Gasteiger partial charge in [-0.25, -0.2) is 9.79 Å². The van der Waals surface area contributed by atoms with Crippen LogP contribution in [-0.2, 0) is 14.3 Å². The Balaban J connectivity index is 1.70. The maximum Gasteiger partial charge on any atom is 0.338 e. The molecule has 9 nitrogen and oxygen atoms in total. The first-order valence-electron chi connectivity index (χ1n) is 10.5. The van der Waals surface area contributed by atoms with E-state index < -0.39 is 16.9 Å². The van der Waals surface area contributed by atoms with Crippen molar-refractivity contribution in [3.05, 3.63) is 62.3 Å². The molecular formula is C22H24N4O5S. The van der Waals surface area contributed by atoms with E-state index in [4.69, 9.17) is 4.74 Å². The summed E-state index contributed by atoms with van der Waals surface area (Å²) in [5, 5.41) is 16.8. The van der Waals surface area contributed by atoms with Gasteiger partial charge in [0.15, 0.2) is 5.17 Å². The minimum atomic E-state index is -0.682. The summed E-state index contributed by atoms with van der Waals surface area (Å²) >= 11 is 1.37. The summed E-state index contributed by atoms with van der Waals surface area (Å²) in [4.78, 5) is 42.8. The number of aliphatic imine (C=N–C) groups is 1.